The number of piperidine rings is 1. The number of hydrogen-bond acceptors (Lipinski definition) is 5. The van der Waals surface area contributed by atoms with E-state index in [1.165, 1.54) is 18.2 Å². The lowest BCUT2D eigenvalue weighted by Crippen LogP contribution is -2.43. The van der Waals surface area contributed by atoms with Crippen molar-refractivity contribution < 1.29 is 19.2 Å². The lowest BCUT2D eigenvalue weighted by molar-refractivity contribution is -0.384. The first-order chi connectivity index (χ1) is 11.7. The summed E-state index contributed by atoms with van der Waals surface area (Å²) in [4.78, 5) is 36.2. The second kappa shape index (κ2) is 7.50. The largest absolute Gasteiger partial charge is 0.444 e. The van der Waals surface area contributed by atoms with Crippen LogP contribution in [-0.2, 0) is 9.53 Å². The Morgan fingerprint density at radius 3 is 2.48 bits per heavy atom. The number of nitro benzene ring substituents is 1. The molecule has 25 heavy (non-hydrogen) atoms. The van der Waals surface area contributed by atoms with Crippen LogP contribution in [0.1, 0.15) is 33.6 Å². The van der Waals surface area contributed by atoms with Gasteiger partial charge in [0.1, 0.15) is 5.60 Å². The van der Waals surface area contributed by atoms with E-state index in [4.69, 9.17) is 4.74 Å². The van der Waals surface area contributed by atoms with Gasteiger partial charge in [-0.15, -0.1) is 0 Å². The van der Waals surface area contributed by atoms with E-state index in [2.05, 4.69) is 5.32 Å². The summed E-state index contributed by atoms with van der Waals surface area (Å²) in [5.74, 6) is -0.428. The maximum atomic E-state index is 12.3. The van der Waals surface area contributed by atoms with Crippen molar-refractivity contribution in [3.63, 3.8) is 0 Å². The highest BCUT2D eigenvalue weighted by Crippen LogP contribution is 2.23. The summed E-state index contributed by atoms with van der Waals surface area (Å²) in [6.45, 7) is 6.32. The highest BCUT2D eigenvalue weighted by molar-refractivity contribution is 5.93. The number of nitro groups is 1. The Labute approximate surface area is 146 Å². The van der Waals surface area contributed by atoms with Gasteiger partial charge in [-0.3, -0.25) is 14.9 Å². The molecule has 2 rings (SSSR count). The fraction of sp³-hybridized carbons (Fsp3) is 0.529. The number of likely N-dealkylation sites (tertiary alicyclic amines) is 1. The molecule has 8 nitrogen and oxygen atoms in total. The number of ether oxygens (including phenoxy) is 1. The molecule has 1 aliphatic rings. The van der Waals surface area contributed by atoms with E-state index in [1.54, 1.807) is 11.0 Å². The van der Waals surface area contributed by atoms with E-state index in [1.807, 2.05) is 20.8 Å². The van der Waals surface area contributed by atoms with Gasteiger partial charge in [-0.2, -0.15) is 0 Å². The van der Waals surface area contributed by atoms with Crippen LogP contribution in [0.2, 0.25) is 0 Å². The number of hydrogen-bond donors (Lipinski definition) is 1. The second-order valence-corrected chi connectivity index (χ2v) is 7.04. The van der Waals surface area contributed by atoms with Gasteiger partial charge in [0, 0.05) is 36.8 Å². The molecule has 0 saturated carbocycles. The highest BCUT2D eigenvalue weighted by atomic mass is 16.6. The molecular formula is C17H23N3O5. The highest BCUT2D eigenvalue weighted by Gasteiger charge is 2.30. The Hall–Kier alpha value is -2.64. The summed E-state index contributed by atoms with van der Waals surface area (Å²) < 4.78 is 5.33. The molecule has 8 heteroatoms. The maximum Gasteiger partial charge on any atom is 0.410 e. The quantitative estimate of drug-likeness (QED) is 0.667. The first-order valence-electron chi connectivity index (χ1n) is 8.19. The van der Waals surface area contributed by atoms with Crippen LogP contribution in [0.15, 0.2) is 24.3 Å². The second-order valence-electron chi connectivity index (χ2n) is 7.04. The van der Waals surface area contributed by atoms with Gasteiger partial charge in [0.25, 0.3) is 5.69 Å². The van der Waals surface area contributed by atoms with Gasteiger partial charge >= 0.3 is 6.09 Å². The first kappa shape index (κ1) is 18.7. The van der Waals surface area contributed by atoms with E-state index < -0.39 is 10.5 Å². The third-order valence-electron chi connectivity index (χ3n) is 3.84. The average molecular weight is 349 g/mol. The molecule has 1 aliphatic heterocycles. The van der Waals surface area contributed by atoms with Crippen molar-refractivity contribution in [2.75, 3.05) is 18.4 Å². The molecule has 0 unspecified atom stereocenters. The number of nitrogens with zero attached hydrogens (tertiary/aromatic N) is 2. The number of carbonyl (C=O) groups excluding carboxylic acids is 2. The molecule has 1 fully saturated rings. The third kappa shape index (κ3) is 5.44. The minimum Gasteiger partial charge on any atom is -0.444 e. The first-order valence-corrected chi connectivity index (χ1v) is 8.19. The summed E-state index contributed by atoms with van der Waals surface area (Å²) in [5.41, 5.74) is -0.223. The number of amides is 2. The van der Waals surface area contributed by atoms with Gasteiger partial charge in [-0.1, -0.05) is 6.07 Å². The predicted molar refractivity (Wildman–Crippen MR) is 92.3 cm³/mol. The number of anilines is 1. The molecule has 136 valence electrons. The van der Waals surface area contributed by atoms with E-state index in [0.29, 0.717) is 31.6 Å². The zero-order chi connectivity index (χ0) is 18.6. The molecule has 0 radical (unpaired) electrons. The average Bonchev–Trinajstić information content (AvgIpc) is 2.53. The SMILES string of the molecule is CC(C)(C)OC(=O)N1CCC(C(=O)Nc2cccc([N+](=O)[O-])c2)CC1. The molecule has 0 aromatic heterocycles. The molecule has 0 atom stereocenters. The Balaban J connectivity index is 1.88. The number of rotatable bonds is 3. The van der Waals surface area contributed by atoms with E-state index >= 15 is 0 Å². The molecule has 0 spiro atoms. The lowest BCUT2D eigenvalue weighted by Gasteiger charge is -2.32. The van der Waals surface area contributed by atoms with Crippen LogP contribution in [0, 0.1) is 16.0 Å². The van der Waals surface area contributed by atoms with Crippen molar-refractivity contribution >= 4 is 23.4 Å². The Morgan fingerprint density at radius 1 is 1.28 bits per heavy atom. The predicted octanol–water partition coefficient (Wildman–Crippen LogP) is 3.18. The zero-order valence-electron chi connectivity index (χ0n) is 14.7. The van der Waals surface area contributed by atoms with Crippen molar-refractivity contribution in [2.24, 2.45) is 5.92 Å². The standard InChI is InChI=1S/C17H23N3O5/c1-17(2,3)25-16(22)19-9-7-12(8-10-19)15(21)18-13-5-4-6-14(11-13)20(23)24/h4-6,11-12H,7-10H2,1-3H3,(H,18,21). The van der Waals surface area contributed by atoms with Crippen molar-refractivity contribution in [3.05, 3.63) is 34.4 Å². The van der Waals surface area contributed by atoms with Crippen LogP contribution in [0.25, 0.3) is 0 Å². The molecule has 0 aliphatic carbocycles. The van der Waals surface area contributed by atoms with Crippen LogP contribution in [0.5, 0.6) is 0 Å². The Bertz CT molecular complexity index is 660. The smallest absolute Gasteiger partial charge is 0.410 e. The number of carbonyl (C=O) groups is 2. The van der Waals surface area contributed by atoms with Crippen LogP contribution in [-0.4, -0.2) is 40.5 Å². The van der Waals surface area contributed by atoms with Gasteiger partial charge in [0.15, 0.2) is 0 Å². The van der Waals surface area contributed by atoms with Crippen molar-refractivity contribution in [3.8, 4) is 0 Å². The van der Waals surface area contributed by atoms with E-state index in [9.17, 15) is 19.7 Å². The van der Waals surface area contributed by atoms with Gasteiger partial charge in [-0.25, -0.2) is 4.79 Å². The minimum absolute atomic E-state index is 0.0717. The summed E-state index contributed by atoms with van der Waals surface area (Å²) >= 11 is 0. The summed E-state index contributed by atoms with van der Waals surface area (Å²) in [5, 5.41) is 13.5. The lowest BCUT2D eigenvalue weighted by atomic mass is 9.96. The summed E-state index contributed by atoms with van der Waals surface area (Å²) in [6, 6.07) is 5.84. The van der Waals surface area contributed by atoms with Crippen LogP contribution < -0.4 is 5.32 Å². The minimum atomic E-state index is -0.548. The van der Waals surface area contributed by atoms with Crippen LogP contribution in [0.3, 0.4) is 0 Å². The molecule has 1 aromatic rings. The molecule has 1 aromatic carbocycles. The van der Waals surface area contributed by atoms with Gasteiger partial charge in [0.05, 0.1) is 4.92 Å². The molecule has 1 saturated heterocycles. The van der Waals surface area contributed by atoms with Crippen molar-refractivity contribution in [1.29, 1.82) is 0 Å². The van der Waals surface area contributed by atoms with Gasteiger partial charge < -0.3 is 15.0 Å². The molecule has 1 N–H and O–H groups in total. The molecular weight excluding hydrogens is 326 g/mol. The molecule has 0 bridgehead atoms. The van der Waals surface area contributed by atoms with E-state index in [-0.39, 0.29) is 23.6 Å². The van der Waals surface area contributed by atoms with Crippen molar-refractivity contribution in [1.82, 2.24) is 4.90 Å². The van der Waals surface area contributed by atoms with Crippen LogP contribution in [0.4, 0.5) is 16.2 Å². The third-order valence-corrected chi connectivity index (χ3v) is 3.84. The van der Waals surface area contributed by atoms with Crippen LogP contribution >= 0.6 is 0 Å². The monoisotopic (exact) mass is 349 g/mol. The Morgan fingerprint density at radius 2 is 1.92 bits per heavy atom. The number of non-ortho nitro benzene ring substituents is 1. The fourth-order valence-electron chi connectivity index (χ4n) is 2.59. The van der Waals surface area contributed by atoms with Gasteiger partial charge in [-0.05, 0) is 39.7 Å². The Kier molecular flexibility index (Phi) is 5.61. The summed E-state index contributed by atoms with van der Waals surface area (Å²) in [7, 11) is 0. The summed E-state index contributed by atoms with van der Waals surface area (Å²) in [6.07, 6.45) is 0.685. The zero-order valence-corrected chi connectivity index (χ0v) is 14.7. The maximum absolute atomic E-state index is 12.3. The van der Waals surface area contributed by atoms with Gasteiger partial charge in [0.2, 0.25) is 5.91 Å². The normalized spacial score (nSPS) is 15.6. The number of benzene rings is 1. The molecule has 2 amide bonds. The fourth-order valence-corrected chi connectivity index (χ4v) is 2.59. The van der Waals surface area contributed by atoms with Crippen molar-refractivity contribution in [2.45, 2.75) is 39.2 Å². The topological polar surface area (TPSA) is 102 Å². The van der Waals surface area contributed by atoms with E-state index in [0.717, 1.165) is 0 Å². The molecule has 1 heterocycles. The number of nitrogens with one attached hydrogen (secondary N) is 1.